The SMILES string of the molecule is Cc1c(Cl)cccc1-n1c(SCC(=O)NCc2ccc3c(c2)OCO3)nc2ccccc2c1=O. The van der Waals surface area contributed by atoms with Gasteiger partial charge < -0.3 is 14.8 Å². The molecule has 0 atom stereocenters. The van der Waals surface area contributed by atoms with Crippen molar-refractivity contribution in [2.45, 2.75) is 18.6 Å². The molecule has 0 spiro atoms. The van der Waals surface area contributed by atoms with Crippen LogP contribution in [-0.4, -0.2) is 28.0 Å². The topological polar surface area (TPSA) is 82.5 Å². The van der Waals surface area contributed by atoms with E-state index in [1.165, 1.54) is 16.3 Å². The number of fused-ring (bicyclic) bond motifs is 2. The number of rotatable bonds is 6. The van der Waals surface area contributed by atoms with E-state index in [0.717, 1.165) is 11.1 Å². The number of ether oxygens (including phenoxy) is 2. The minimum absolute atomic E-state index is 0.0922. The van der Waals surface area contributed by atoms with Crippen LogP contribution in [0.4, 0.5) is 0 Å². The molecule has 1 N–H and O–H groups in total. The van der Waals surface area contributed by atoms with Crippen molar-refractivity contribution in [2.75, 3.05) is 12.5 Å². The quantitative estimate of drug-likeness (QED) is 0.315. The van der Waals surface area contributed by atoms with Crippen LogP contribution in [0.5, 0.6) is 11.5 Å². The third kappa shape index (κ3) is 4.34. The number of nitrogens with zero attached hydrogens (tertiary/aromatic N) is 2. The molecule has 1 aliphatic rings. The first-order valence-corrected chi connectivity index (χ1v) is 11.9. The predicted octanol–water partition coefficient (Wildman–Crippen LogP) is 4.48. The van der Waals surface area contributed by atoms with Gasteiger partial charge in [-0.3, -0.25) is 14.2 Å². The summed E-state index contributed by atoms with van der Waals surface area (Å²) in [5, 5.41) is 4.37. The van der Waals surface area contributed by atoms with Gasteiger partial charge in [-0.05, 0) is 54.4 Å². The Morgan fingerprint density at radius 3 is 2.82 bits per heavy atom. The van der Waals surface area contributed by atoms with E-state index in [-0.39, 0.29) is 24.0 Å². The number of carbonyl (C=O) groups excluding carboxylic acids is 1. The summed E-state index contributed by atoms with van der Waals surface area (Å²) >= 11 is 7.53. The number of nitrogens with one attached hydrogen (secondary N) is 1. The molecule has 3 aromatic carbocycles. The third-order valence-corrected chi connectivity index (χ3v) is 6.83. The summed E-state index contributed by atoms with van der Waals surface area (Å²) in [4.78, 5) is 30.7. The van der Waals surface area contributed by atoms with Gasteiger partial charge in [0.1, 0.15) is 0 Å². The second kappa shape index (κ2) is 9.40. The van der Waals surface area contributed by atoms with E-state index in [0.29, 0.717) is 44.8 Å². The zero-order valence-corrected chi connectivity index (χ0v) is 19.8. The molecule has 1 aliphatic heterocycles. The van der Waals surface area contributed by atoms with Crippen LogP contribution in [0.3, 0.4) is 0 Å². The fourth-order valence-corrected chi connectivity index (χ4v) is 4.70. The molecule has 2 heterocycles. The number of hydrogen-bond acceptors (Lipinski definition) is 6. The van der Waals surface area contributed by atoms with Crippen LogP contribution in [0.25, 0.3) is 16.6 Å². The Bertz CT molecular complexity index is 1470. The molecule has 172 valence electrons. The molecular formula is C25H20ClN3O4S. The Labute approximate surface area is 204 Å². The lowest BCUT2D eigenvalue weighted by molar-refractivity contribution is -0.118. The maximum absolute atomic E-state index is 13.4. The summed E-state index contributed by atoms with van der Waals surface area (Å²) in [5.74, 6) is 1.28. The number of thioether (sulfide) groups is 1. The van der Waals surface area contributed by atoms with Crippen LogP contribution < -0.4 is 20.3 Å². The van der Waals surface area contributed by atoms with Crippen molar-refractivity contribution in [3.63, 3.8) is 0 Å². The predicted molar refractivity (Wildman–Crippen MR) is 132 cm³/mol. The van der Waals surface area contributed by atoms with Gasteiger partial charge in [0, 0.05) is 11.6 Å². The van der Waals surface area contributed by atoms with Gasteiger partial charge in [0.2, 0.25) is 12.7 Å². The monoisotopic (exact) mass is 493 g/mol. The minimum Gasteiger partial charge on any atom is -0.454 e. The summed E-state index contributed by atoms with van der Waals surface area (Å²) in [6.07, 6.45) is 0. The minimum atomic E-state index is -0.209. The van der Waals surface area contributed by atoms with Crippen molar-refractivity contribution < 1.29 is 14.3 Å². The number of hydrogen-bond donors (Lipinski definition) is 1. The van der Waals surface area contributed by atoms with Crippen molar-refractivity contribution in [1.82, 2.24) is 14.9 Å². The zero-order valence-electron chi connectivity index (χ0n) is 18.2. The molecule has 1 amide bonds. The smallest absolute Gasteiger partial charge is 0.266 e. The van der Waals surface area contributed by atoms with Crippen molar-refractivity contribution in [1.29, 1.82) is 0 Å². The molecule has 5 rings (SSSR count). The summed E-state index contributed by atoms with van der Waals surface area (Å²) in [5.41, 5.74) is 2.67. The molecule has 0 bridgehead atoms. The molecule has 0 unspecified atom stereocenters. The third-order valence-electron chi connectivity index (χ3n) is 5.48. The second-order valence-electron chi connectivity index (χ2n) is 7.69. The lowest BCUT2D eigenvalue weighted by Crippen LogP contribution is -2.26. The first-order chi connectivity index (χ1) is 16.5. The standard InChI is InChI=1S/C25H20ClN3O4S/c1-15-18(26)6-4-8-20(15)29-24(31)17-5-2-3-7-19(17)28-25(29)34-13-23(30)27-12-16-9-10-21-22(11-16)33-14-32-21/h2-11H,12-14H2,1H3,(H,27,30). The molecule has 1 aromatic heterocycles. The lowest BCUT2D eigenvalue weighted by atomic mass is 10.2. The van der Waals surface area contributed by atoms with Gasteiger partial charge in [-0.1, -0.05) is 47.6 Å². The van der Waals surface area contributed by atoms with Gasteiger partial charge in [-0.2, -0.15) is 0 Å². The fraction of sp³-hybridized carbons (Fsp3) is 0.160. The summed E-state index contributed by atoms with van der Waals surface area (Å²) in [6, 6.07) is 18.1. The molecule has 7 nitrogen and oxygen atoms in total. The van der Waals surface area contributed by atoms with Gasteiger partial charge in [-0.25, -0.2) is 4.98 Å². The van der Waals surface area contributed by atoms with E-state index >= 15 is 0 Å². The van der Waals surface area contributed by atoms with Gasteiger partial charge in [-0.15, -0.1) is 0 Å². The number of para-hydroxylation sites is 1. The highest BCUT2D eigenvalue weighted by Crippen LogP contribution is 2.32. The molecule has 0 radical (unpaired) electrons. The molecule has 0 saturated carbocycles. The van der Waals surface area contributed by atoms with Crippen molar-refractivity contribution in [2.24, 2.45) is 0 Å². The highest BCUT2D eigenvalue weighted by atomic mass is 35.5. The van der Waals surface area contributed by atoms with Crippen LogP contribution in [0, 0.1) is 6.92 Å². The average Bonchev–Trinajstić information content (AvgIpc) is 3.32. The highest BCUT2D eigenvalue weighted by molar-refractivity contribution is 7.99. The number of carbonyl (C=O) groups is 1. The second-order valence-corrected chi connectivity index (χ2v) is 9.04. The van der Waals surface area contributed by atoms with Crippen LogP contribution in [0.1, 0.15) is 11.1 Å². The molecule has 9 heteroatoms. The maximum Gasteiger partial charge on any atom is 0.266 e. The average molecular weight is 494 g/mol. The Balaban J connectivity index is 1.39. The zero-order chi connectivity index (χ0) is 23.7. The summed E-state index contributed by atoms with van der Waals surface area (Å²) in [6.45, 7) is 2.40. The van der Waals surface area contributed by atoms with E-state index in [4.69, 9.17) is 21.1 Å². The molecular weight excluding hydrogens is 474 g/mol. The van der Waals surface area contributed by atoms with E-state index in [1.54, 1.807) is 30.3 Å². The summed E-state index contributed by atoms with van der Waals surface area (Å²) < 4.78 is 12.2. The number of halogens is 1. The molecule has 34 heavy (non-hydrogen) atoms. The maximum atomic E-state index is 13.4. The normalized spacial score (nSPS) is 12.2. The number of aromatic nitrogens is 2. The molecule has 4 aromatic rings. The van der Waals surface area contributed by atoms with Crippen LogP contribution >= 0.6 is 23.4 Å². The first kappa shape index (κ1) is 22.3. The Morgan fingerprint density at radius 2 is 1.94 bits per heavy atom. The van der Waals surface area contributed by atoms with E-state index < -0.39 is 0 Å². The molecule has 0 aliphatic carbocycles. The largest absolute Gasteiger partial charge is 0.454 e. The van der Waals surface area contributed by atoms with Crippen molar-refractivity contribution >= 4 is 40.2 Å². The summed E-state index contributed by atoms with van der Waals surface area (Å²) in [7, 11) is 0. The van der Waals surface area contributed by atoms with Crippen LogP contribution in [-0.2, 0) is 11.3 Å². The van der Waals surface area contributed by atoms with E-state index in [9.17, 15) is 9.59 Å². The highest BCUT2D eigenvalue weighted by Gasteiger charge is 2.17. The van der Waals surface area contributed by atoms with E-state index in [2.05, 4.69) is 10.3 Å². The van der Waals surface area contributed by atoms with Gasteiger partial charge in [0.25, 0.3) is 5.56 Å². The molecule has 0 fully saturated rings. The van der Waals surface area contributed by atoms with Crippen molar-refractivity contribution in [3.8, 4) is 17.2 Å². The first-order valence-electron chi connectivity index (χ1n) is 10.6. The fourth-order valence-electron chi connectivity index (χ4n) is 3.69. The van der Waals surface area contributed by atoms with Crippen molar-refractivity contribution in [3.05, 3.63) is 87.2 Å². The Kier molecular flexibility index (Phi) is 6.17. The van der Waals surface area contributed by atoms with Crippen LogP contribution in [0.2, 0.25) is 5.02 Å². The van der Waals surface area contributed by atoms with Crippen LogP contribution in [0.15, 0.2) is 70.6 Å². The van der Waals surface area contributed by atoms with E-state index in [1.807, 2.05) is 37.3 Å². The van der Waals surface area contributed by atoms with Gasteiger partial charge in [0.15, 0.2) is 16.7 Å². The molecule has 0 saturated heterocycles. The Morgan fingerprint density at radius 1 is 1.12 bits per heavy atom. The Hall–Kier alpha value is -3.49. The lowest BCUT2D eigenvalue weighted by Gasteiger charge is -2.15. The number of benzene rings is 3. The van der Waals surface area contributed by atoms with Gasteiger partial charge >= 0.3 is 0 Å². The number of amides is 1. The van der Waals surface area contributed by atoms with Gasteiger partial charge in [0.05, 0.1) is 22.3 Å².